The van der Waals surface area contributed by atoms with E-state index in [0.29, 0.717) is 6.42 Å². The Hall–Kier alpha value is -1.14. The molecule has 1 saturated carbocycles. The fourth-order valence-corrected chi connectivity index (χ4v) is 3.63. The minimum atomic E-state index is -0.779. The normalized spacial score (nSPS) is 17.3. The number of hydrogen-bond acceptors (Lipinski definition) is 5. The van der Waals surface area contributed by atoms with Crippen LogP contribution in [0.5, 0.6) is 0 Å². The lowest BCUT2D eigenvalue weighted by molar-refractivity contribution is 0.0459. The maximum absolute atomic E-state index is 10.8. The van der Waals surface area contributed by atoms with Crippen molar-refractivity contribution in [3.8, 4) is 0 Å². The van der Waals surface area contributed by atoms with Gasteiger partial charge in [0.15, 0.2) is 0 Å². The van der Waals surface area contributed by atoms with Crippen molar-refractivity contribution >= 4 is 17.4 Å². The van der Waals surface area contributed by atoms with Gasteiger partial charge in [-0.2, -0.15) is 0 Å². The zero-order valence-corrected chi connectivity index (χ0v) is 12.3. The molecule has 0 bridgehead atoms. The number of ether oxygens (including phenoxy) is 1. The summed E-state index contributed by atoms with van der Waals surface area (Å²) in [5.41, 5.74) is 5.31. The first-order valence-corrected chi connectivity index (χ1v) is 7.16. The van der Waals surface area contributed by atoms with E-state index < -0.39 is 11.7 Å². The van der Waals surface area contributed by atoms with Crippen molar-refractivity contribution in [2.24, 2.45) is 5.73 Å². The molecule has 1 aromatic rings. The summed E-state index contributed by atoms with van der Waals surface area (Å²) < 4.78 is 5.07. The number of rotatable bonds is 5. The minimum absolute atomic E-state index is 0.0431. The van der Waals surface area contributed by atoms with Crippen LogP contribution in [0.2, 0.25) is 0 Å². The largest absolute Gasteiger partial charge is 0.443 e. The number of aromatic nitrogens is 1. The molecular formula is C13H20N2O3S. The van der Waals surface area contributed by atoms with Gasteiger partial charge in [0, 0.05) is 16.7 Å². The average Bonchev–Trinajstić information content (AvgIpc) is 2.87. The van der Waals surface area contributed by atoms with E-state index in [1.165, 1.54) is 4.88 Å². The number of amides is 1. The van der Waals surface area contributed by atoms with E-state index in [9.17, 15) is 9.90 Å². The lowest BCUT2D eigenvalue weighted by Gasteiger charge is -2.22. The number of hydrogen-bond donors (Lipinski definition) is 2. The highest BCUT2D eigenvalue weighted by molar-refractivity contribution is 7.12. The van der Waals surface area contributed by atoms with Crippen LogP contribution in [0.1, 0.15) is 49.2 Å². The van der Waals surface area contributed by atoms with Gasteiger partial charge in [-0.3, -0.25) is 0 Å². The molecule has 2 rings (SSSR count). The first-order chi connectivity index (χ1) is 8.76. The standard InChI is InChI=1S/C13H20N2O3S/c1-12(2,18-11(14)17)6-9-15-8(7-16)10(19-9)13(3)4-5-13/h16H,4-7H2,1-3H3,(H2,14,17). The third-order valence-electron chi connectivity index (χ3n) is 3.39. The van der Waals surface area contributed by atoms with Crippen molar-refractivity contribution in [1.82, 2.24) is 4.98 Å². The fourth-order valence-electron chi connectivity index (χ4n) is 2.14. The Labute approximate surface area is 116 Å². The molecule has 0 spiro atoms. The zero-order chi connectivity index (χ0) is 14.3. The van der Waals surface area contributed by atoms with Crippen LogP contribution in [0.4, 0.5) is 4.79 Å². The highest BCUT2D eigenvalue weighted by Crippen LogP contribution is 2.51. The zero-order valence-electron chi connectivity index (χ0n) is 11.5. The molecule has 1 aromatic heterocycles. The number of carbonyl (C=O) groups is 1. The van der Waals surface area contributed by atoms with Crippen molar-refractivity contribution < 1.29 is 14.6 Å². The molecule has 1 heterocycles. The summed E-state index contributed by atoms with van der Waals surface area (Å²) in [6, 6.07) is 0. The van der Waals surface area contributed by atoms with Crippen molar-refractivity contribution in [1.29, 1.82) is 0 Å². The van der Waals surface area contributed by atoms with Gasteiger partial charge in [-0.15, -0.1) is 11.3 Å². The van der Waals surface area contributed by atoms with Crippen molar-refractivity contribution in [2.45, 2.75) is 57.7 Å². The highest BCUT2D eigenvalue weighted by atomic mass is 32.1. The van der Waals surface area contributed by atoms with Crippen LogP contribution in [0.3, 0.4) is 0 Å². The molecule has 0 aromatic carbocycles. The van der Waals surface area contributed by atoms with Gasteiger partial charge in [-0.25, -0.2) is 9.78 Å². The maximum Gasteiger partial charge on any atom is 0.405 e. The Kier molecular flexibility index (Phi) is 3.57. The van der Waals surface area contributed by atoms with E-state index in [1.54, 1.807) is 25.2 Å². The number of aliphatic hydroxyl groups excluding tert-OH is 1. The third-order valence-corrected chi connectivity index (χ3v) is 4.80. The van der Waals surface area contributed by atoms with Gasteiger partial charge < -0.3 is 15.6 Å². The molecule has 106 valence electrons. The van der Waals surface area contributed by atoms with Crippen LogP contribution in [0.25, 0.3) is 0 Å². The fraction of sp³-hybridized carbons (Fsp3) is 0.692. The third kappa shape index (κ3) is 3.25. The number of nitrogens with zero attached hydrogens (tertiary/aromatic N) is 1. The first kappa shape index (κ1) is 14.3. The molecule has 5 nitrogen and oxygen atoms in total. The summed E-state index contributed by atoms with van der Waals surface area (Å²) in [5, 5.41) is 10.3. The molecule has 0 saturated heterocycles. The predicted molar refractivity (Wildman–Crippen MR) is 73.1 cm³/mol. The van der Waals surface area contributed by atoms with E-state index in [1.807, 2.05) is 0 Å². The molecule has 0 radical (unpaired) electrons. The summed E-state index contributed by atoms with van der Waals surface area (Å²) >= 11 is 1.60. The van der Waals surface area contributed by atoms with Crippen LogP contribution in [0, 0.1) is 0 Å². The molecule has 0 aliphatic heterocycles. The Morgan fingerprint density at radius 2 is 2.21 bits per heavy atom. The molecule has 0 unspecified atom stereocenters. The SMILES string of the molecule is CC(C)(Cc1nc(CO)c(C2(C)CC2)s1)OC(N)=O. The molecular weight excluding hydrogens is 264 g/mol. The van der Waals surface area contributed by atoms with E-state index in [-0.39, 0.29) is 12.0 Å². The smallest absolute Gasteiger partial charge is 0.405 e. The van der Waals surface area contributed by atoms with Gasteiger partial charge in [0.05, 0.1) is 17.3 Å². The quantitative estimate of drug-likeness (QED) is 0.867. The van der Waals surface area contributed by atoms with E-state index >= 15 is 0 Å². The Balaban J connectivity index is 2.17. The molecule has 1 aliphatic carbocycles. The number of carbonyl (C=O) groups excluding carboxylic acids is 1. The average molecular weight is 284 g/mol. The topological polar surface area (TPSA) is 85.4 Å². The van der Waals surface area contributed by atoms with Crippen LogP contribution < -0.4 is 5.73 Å². The van der Waals surface area contributed by atoms with Gasteiger partial charge in [0.25, 0.3) is 0 Å². The van der Waals surface area contributed by atoms with Crippen LogP contribution in [0.15, 0.2) is 0 Å². The van der Waals surface area contributed by atoms with E-state index in [0.717, 1.165) is 23.5 Å². The van der Waals surface area contributed by atoms with Crippen molar-refractivity contribution in [2.75, 3.05) is 0 Å². The number of primary amides is 1. The molecule has 3 N–H and O–H groups in total. The number of nitrogens with two attached hydrogens (primary N) is 1. The van der Waals surface area contributed by atoms with Crippen LogP contribution >= 0.6 is 11.3 Å². The summed E-state index contributed by atoms with van der Waals surface area (Å²) in [6.07, 6.45) is 2.01. The molecule has 6 heteroatoms. The van der Waals surface area contributed by atoms with Crippen molar-refractivity contribution in [3.63, 3.8) is 0 Å². The van der Waals surface area contributed by atoms with Gasteiger partial charge in [0.2, 0.25) is 0 Å². The number of aliphatic hydroxyl groups is 1. The van der Waals surface area contributed by atoms with Gasteiger partial charge in [-0.05, 0) is 26.7 Å². The Bertz CT molecular complexity index is 492. The van der Waals surface area contributed by atoms with Crippen LogP contribution in [-0.2, 0) is 23.2 Å². The second-order valence-electron chi connectivity index (χ2n) is 5.96. The van der Waals surface area contributed by atoms with E-state index in [2.05, 4.69) is 11.9 Å². The molecule has 0 atom stereocenters. The monoisotopic (exact) mass is 284 g/mol. The molecule has 19 heavy (non-hydrogen) atoms. The second kappa shape index (κ2) is 4.76. The lowest BCUT2D eigenvalue weighted by Crippen LogP contribution is -2.33. The summed E-state index contributed by atoms with van der Waals surface area (Å²) in [7, 11) is 0. The summed E-state index contributed by atoms with van der Waals surface area (Å²) in [4.78, 5) is 16.5. The number of thiazole rings is 1. The molecule has 1 amide bonds. The van der Waals surface area contributed by atoms with Crippen LogP contribution in [-0.4, -0.2) is 21.8 Å². The molecule has 1 fully saturated rings. The van der Waals surface area contributed by atoms with Crippen molar-refractivity contribution in [3.05, 3.63) is 15.6 Å². The predicted octanol–water partition coefficient (Wildman–Crippen LogP) is 2.10. The summed E-state index contributed by atoms with van der Waals surface area (Å²) in [5.74, 6) is 0. The second-order valence-corrected chi connectivity index (χ2v) is 7.04. The Morgan fingerprint density at radius 1 is 1.58 bits per heavy atom. The van der Waals surface area contributed by atoms with E-state index in [4.69, 9.17) is 10.5 Å². The molecule has 1 aliphatic rings. The Morgan fingerprint density at radius 3 is 2.68 bits per heavy atom. The highest BCUT2D eigenvalue weighted by Gasteiger charge is 2.43. The van der Waals surface area contributed by atoms with Gasteiger partial charge in [0.1, 0.15) is 5.60 Å². The minimum Gasteiger partial charge on any atom is -0.443 e. The van der Waals surface area contributed by atoms with Gasteiger partial charge >= 0.3 is 6.09 Å². The first-order valence-electron chi connectivity index (χ1n) is 6.34. The summed E-state index contributed by atoms with van der Waals surface area (Å²) in [6.45, 7) is 5.75. The lowest BCUT2D eigenvalue weighted by atomic mass is 10.1. The van der Waals surface area contributed by atoms with Gasteiger partial charge in [-0.1, -0.05) is 6.92 Å². The maximum atomic E-state index is 10.8.